The van der Waals surface area contributed by atoms with Gasteiger partial charge in [0.15, 0.2) is 0 Å². The molecule has 0 bridgehead atoms. The number of fused-ring (bicyclic) bond motifs is 1. The molecule has 0 spiro atoms. The van der Waals surface area contributed by atoms with Gasteiger partial charge in [-0.1, -0.05) is 54.6 Å². The number of anilines is 2. The number of nitrogens with zero attached hydrogens (tertiary/aromatic N) is 2. The summed E-state index contributed by atoms with van der Waals surface area (Å²) in [4.78, 5) is 32.1. The summed E-state index contributed by atoms with van der Waals surface area (Å²) in [6.45, 7) is 3.99. The number of carbonyl (C=O) groups is 2. The van der Waals surface area contributed by atoms with E-state index in [1.807, 2.05) is 86.6 Å². The van der Waals surface area contributed by atoms with Gasteiger partial charge < -0.3 is 15.5 Å². The molecule has 31 heavy (non-hydrogen) atoms. The van der Waals surface area contributed by atoms with Crippen molar-refractivity contribution in [2.75, 3.05) is 17.3 Å². The highest BCUT2D eigenvalue weighted by atomic mass is 16.2. The Kier molecular flexibility index (Phi) is 5.54. The first-order chi connectivity index (χ1) is 14.9. The lowest BCUT2D eigenvalue weighted by Crippen LogP contribution is -2.47. The van der Waals surface area contributed by atoms with Gasteiger partial charge in [-0.25, -0.2) is 9.79 Å². The summed E-state index contributed by atoms with van der Waals surface area (Å²) in [6, 6.07) is 22.4. The lowest BCUT2D eigenvalue weighted by Gasteiger charge is -2.21. The fraction of sp³-hybridized carbons (Fsp3) is 0.160. The lowest BCUT2D eigenvalue weighted by molar-refractivity contribution is -0.119. The molecule has 0 radical (unpaired) electrons. The summed E-state index contributed by atoms with van der Waals surface area (Å²) in [6.07, 6.45) is -1.06. The van der Waals surface area contributed by atoms with Crippen molar-refractivity contribution >= 4 is 29.0 Å². The van der Waals surface area contributed by atoms with Gasteiger partial charge in [-0.05, 0) is 43.2 Å². The van der Waals surface area contributed by atoms with Crippen LogP contribution in [-0.4, -0.2) is 30.9 Å². The summed E-state index contributed by atoms with van der Waals surface area (Å²) in [7, 11) is 1.69. The van der Waals surface area contributed by atoms with Crippen LogP contribution in [0.4, 0.5) is 16.2 Å². The molecule has 6 nitrogen and oxygen atoms in total. The maximum absolute atomic E-state index is 13.1. The maximum atomic E-state index is 13.1. The molecule has 2 N–H and O–H groups in total. The molecule has 0 unspecified atom stereocenters. The van der Waals surface area contributed by atoms with E-state index < -0.39 is 12.2 Å². The zero-order chi connectivity index (χ0) is 22.0. The summed E-state index contributed by atoms with van der Waals surface area (Å²) >= 11 is 0. The molecule has 3 amide bonds. The topological polar surface area (TPSA) is 73.8 Å². The van der Waals surface area contributed by atoms with Gasteiger partial charge in [-0.3, -0.25) is 4.79 Å². The van der Waals surface area contributed by atoms with Gasteiger partial charge in [0.2, 0.25) is 6.17 Å². The molecule has 1 aliphatic heterocycles. The molecule has 0 fully saturated rings. The molecular weight excluding hydrogens is 388 g/mol. The summed E-state index contributed by atoms with van der Waals surface area (Å²) in [5, 5.41) is 5.53. The van der Waals surface area contributed by atoms with Crippen molar-refractivity contribution < 1.29 is 9.59 Å². The number of benzodiazepines with no additional fused rings is 1. The fourth-order valence-corrected chi connectivity index (χ4v) is 3.55. The van der Waals surface area contributed by atoms with Crippen LogP contribution in [0.25, 0.3) is 0 Å². The van der Waals surface area contributed by atoms with Crippen LogP contribution < -0.4 is 15.5 Å². The number of urea groups is 1. The van der Waals surface area contributed by atoms with Crippen molar-refractivity contribution in [1.29, 1.82) is 0 Å². The molecule has 1 heterocycles. The monoisotopic (exact) mass is 412 g/mol. The van der Waals surface area contributed by atoms with E-state index in [0.29, 0.717) is 11.4 Å². The summed E-state index contributed by atoms with van der Waals surface area (Å²) in [5.74, 6) is -0.311. The highest BCUT2D eigenvalue weighted by molar-refractivity contribution is 6.20. The highest BCUT2D eigenvalue weighted by Crippen LogP contribution is 2.27. The second kappa shape index (κ2) is 8.44. The SMILES string of the molecule is Cc1ccc(NC(=O)N[C@@H]2N=C(c3ccccc3)c3ccccc3N(C)C2=O)cc1C. The number of aliphatic imine (C=N–C) groups is 1. The summed E-state index contributed by atoms with van der Waals surface area (Å²) in [5.41, 5.74) is 5.98. The standard InChI is InChI=1S/C25H24N4O2/c1-16-13-14-19(15-17(16)2)26-25(31)28-23-24(30)29(3)21-12-8-7-11-20(21)22(27-23)18-9-5-4-6-10-18/h4-15,23H,1-3H3,(H2,26,28,31)/t23-/m0/s1. The van der Waals surface area contributed by atoms with E-state index in [1.54, 1.807) is 7.05 Å². The third-order valence-corrected chi connectivity index (χ3v) is 5.42. The van der Waals surface area contributed by atoms with Crippen molar-refractivity contribution in [2.45, 2.75) is 20.0 Å². The van der Waals surface area contributed by atoms with Crippen LogP contribution in [0.3, 0.4) is 0 Å². The van der Waals surface area contributed by atoms with E-state index in [-0.39, 0.29) is 5.91 Å². The Bertz CT molecular complexity index is 1170. The van der Waals surface area contributed by atoms with Crippen LogP contribution >= 0.6 is 0 Å². The average Bonchev–Trinajstić information content (AvgIpc) is 2.88. The van der Waals surface area contributed by atoms with Gasteiger partial charge >= 0.3 is 6.03 Å². The molecule has 3 aromatic carbocycles. The van der Waals surface area contributed by atoms with Gasteiger partial charge in [0, 0.05) is 23.9 Å². The van der Waals surface area contributed by atoms with Gasteiger partial charge in [-0.2, -0.15) is 0 Å². The Balaban J connectivity index is 1.67. The molecule has 4 rings (SSSR count). The second-order valence-corrected chi connectivity index (χ2v) is 7.56. The molecule has 3 aromatic rings. The first-order valence-electron chi connectivity index (χ1n) is 10.1. The van der Waals surface area contributed by atoms with Gasteiger partial charge in [0.05, 0.1) is 11.4 Å². The van der Waals surface area contributed by atoms with E-state index >= 15 is 0 Å². The molecule has 1 atom stereocenters. The summed E-state index contributed by atoms with van der Waals surface area (Å²) < 4.78 is 0. The van der Waals surface area contributed by atoms with Crippen LogP contribution in [-0.2, 0) is 4.79 Å². The zero-order valence-electron chi connectivity index (χ0n) is 17.7. The van der Waals surface area contributed by atoms with Crippen molar-refractivity contribution in [3.05, 3.63) is 95.1 Å². The zero-order valence-corrected chi connectivity index (χ0v) is 17.7. The first-order valence-corrected chi connectivity index (χ1v) is 10.1. The van der Waals surface area contributed by atoms with Gasteiger partial charge in [0.25, 0.3) is 5.91 Å². The lowest BCUT2D eigenvalue weighted by atomic mass is 10.0. The Morgan fingerprint density at radius 2 is 1.65 bits per heavy atom. The van der Waals surface area contributed by atoms with Crippen LogP contribution in [0.15, 0.2) is 77.8 Å². The number of amides is 3. The Morgan fingerprint density at radius 1 is 0.935 bits per heavy atom. The highest BCUT2D eigenvalue weighted by Gasteiger charge is 2.30. The molecule has 0 saturated heterocycles. The van der Waals surface area contributed by atoms with Crippen molar-refractivity contribution in [3.8, 4) is 0 Å². The largest absolute Gasteiger partial charge is 0.321 e. The normalized spacial score (nSPS) is 15.6. The molecule has 1 aliphatic rings. The quantitative estimate of drug-likeness (QED) is 0.674. The molecule has 0 aromatic heterocycles. The Hall–Kier alpha value is -3.93. The molecule has 6 heteroatoms. The minimum Gasteiger partial charge on any atom is -0.311 e. The maximum Gasteiger partial charge on any atom is 0.321 e. The number of nitrogens with one attached hydrogen (secondary N) is 2. The molecular formula is C25H24N4O2. The van der Waals surface area contributed by atoms with Crippen LogP contribution in [0.5, 0.6) is 0 Å². The number of para-hydroxylation sites is 1. The van der Waals surface area contributed by atoms with Gasteiger partial charge in [-0.15, -0.1) is 0 Å². The van der Waals surface area contributed by atoms with Crippen LogP contribution in [0.2, 0.25) is 0 Å². The predicted molar refractivity (Wildman–Crippen MR) is 124 cm³/mol. The van der Waals surface area contributed by atoms with E-state index in [0.717, 1.165) is 27.9 Å². The van der Waals surface area contributed by atoms with Crippen molar-refractivity contribution in [1.82, 2.24) is 5.32 Å². The number of benzene rings is 3. The Morgan fingerprint density at radius 3 is 2.39 bits per heavy atom. The van der Waals surface area contributed by atoms with Crippen LogP contribution in [0.1, 0.15) is 22.3 Å². The third-order valence-electron chi connectivity index (χ3n) is 5.42. The predicted octanol–water partition coefficient (Wildman–Crippen LogP) is 4.27. The third kappa shape index (κ3) is 4.19. The van der Waals surface area contributed by atoms with E-state index in [2.05, 4.69) is 15.6 Å². The van der Waals surface area contributed by atoms with Crippen molar-refractivity contribution in [3.63, 3.8) is 0 Å². The number of rotatable bonds is 3. The Labute approximate surface area is 181 Å². The molecule has 156 valence electrons. The smallest absolute Gasteiger partial charge is 0.311 e. The number of hydrogen-bond donors (Lipinski definition) is 2. The first kappa shape index (κ1) is 20.3. The van der Waals surface area contributed by atoms with Crippen molar-refractivity contribution in [2.24, 2.45) is 4.99 Å². The number of carbonyl (C=O) groups excluding carboxylic acids is 2. The van der Waals surface area contributed by atoms with E-state index in [1.165, 1.54) is 4.90 Å². The average molecular weight is 412 g/mol. The van der Waals surface area contributed by atoms with E-state index in [4.69, 9.17) is 0 Å². The van der Waals surface area contributed by atoms with E-state index in [9.17, 15) is 9.59 Å². The van der Waals surface area contributed by atoms with Gasteiger partial charge in [0.1, 0.15) is 0 Å². The minimum atomic E-state index is -1.06. The minimum absolute atomic E-state index is 0.311. The molecule has 0 saturated carbocycles. The number of aryl methyl sites for hydroxylation is 2. The fourth-order valence-electron chi connectivity index (χ4n) is 3.55. The second-order valence-electron chi connectivity index (χ2n) is 7.56. The number of hydrogen-bond acceptors (Lipinski definition) is 3. The number of likely N-dealkylation sites (N-methyl/N-ethyl adjacent to an activating group) is 1. The van der Waals surface area contributed by atoms with Crippen LogP contribution in [0, 0.1) is 13.8 Å². The molecule has 0 aliphatic carbocycles.